The molecule has 2 heterocycles. The van der Waals surface area contributed by atoms with Gasteiger partial charge in [0.1, 0.15) is 6.04 Å². The number of nitrogens with zero attached hydrogens (tertiary/aromatic N) is 3. The van der Waals surface area contributed by atoms with Gasteiger partial charge in [-0.3, -0.25) is 14.4 Å². The number of rotatable bonds is 7. The van der Waals surface area contributed by atoms with Gasteiger partial charge in [0.05, 0.1) is 5.69 Å². The fraction of sp³-hybridized carbons (Fsp3) is 0.294. The highest BCUT2D eigenvalue weighted by atomic mass is 16.2. The first kappa shape index (κ1) is 29.6. The number of nitrogens with two attached hydrogens (primary N) is 1. The predicted octanol–water partition coefficient (Wildman–Crippen LogP) is 5.50. The molecule has 1 aliphatic heterocycles. The van der Waals surface area contributed by atoms with Crippen LogP contribution in [0.3, 0.4) is 0 Å². The van der Waals surface area contributed by atoms with Crippen molar-refractivity contribution in [2.75, 3.05) is 22.1 Å². The summed E-state index contributed by atoms with van der Waals surface area (Å²) < 4.78 is 1.49. The van der Waals surface area contributed by atoms with Crippen LogP contribution >= 0.6 is 0 Å². The van der Waals surface area contributed by atoms with Crippen LogP contribution in [0.5, 0.6) is 0 Å². The van der Waals surface area contributed by atoms with Crippen LogP contribution in [0.15, 0.2) is 77.7 Å². The summed E-state index contributed by atoms with van der Waals surface area (Å²) in [5.41, 5.74) is 11.5. The molecule has 0 spiro atoms. The lowest BCUT2D eigenvalue weighted by atomic mass is 9.86. The smallest absolute Gasteiger partial charge is 0.293 e. The van der Waals surface area contributed by atoms with Gasteiger partial charge >= 0.3 is 0 Å². The van der Waals surface area contributed by atoms with Crippen molar-refractivity contribution in [1.82, 2.24) is 9.55 Å². The van der Waals surface area contributed by atoms with Crippen LogP contribution in [0.4, 0.5) is 22.9 Å². The number of amides is 2. The summed E-state index contributed by atoms with van der Waals surface area (Å²) in [6.07, 6.45) is 3.35. The van der Waals surface area contributed by atoms with Crippen molar-refractivity contribution in [3.8, 4) is 11.3 Å². The summed E-state index contributed by atoms with van der Waals surface area (Å²) >= 11 is 0. The van der Waals surface area contributed by atoms with Crippen LogP contribution < -0.4 is 26.8 Å². The van der Waals surface area contributed by atoms with Crippen molar-refractivity contribution in [2.45, 2.75) is 52.0 Å². The van der Waals surface area contributed by atoms with Gasteiger partial charge in [-0.1, -0.05) is 45.0 Å². The third kappa shape index (κ3) is 6.30. The molecule has 3 aromatic carbocycles. The molecule has 2 amide bonds. The van der Waals surface area contributed by atoms with Gasteiger partial charge in [-0.25, -0.2) is 4.98 Å². The van der Waals surface area contributed by atoms with Crippen molar-refractivity contribution in [3.63, 3.8) is 0 Å². The molecule has 1 aromatic heterocycles. The van der Waals surface area contributed by atoms with E-state index in [9.17, 15) is 14.4 Å². The molecular formula is C34H38N6O3. The zero-order valence-electron chi connectivity index (χ0n) is 25.3. The van der Waals surface area contributed by atoms with Gasteiger partial charge in [0.2, 0.25) is 5.91 Å². The molecule has 1 saturated heterocycles. The van der Waals surface area contributed by atoms with Gasteiger partial charge in [-0.15, -0.1) is 0 Å². The molecule has 1 unspecified atom stereocenters. The summed E-state index contributed by atoms with van der Waals surface area (Å²) in [6, 6.07) is 20.5. The molecule has 5 rings (SSSR count). The van der Waals surface area contributed by atoms with Crippen LogP contribution in [0.2, 0.25) is 0 Å². The first-order valence-corrected chi connectivity index (χ1v) is 14.4. The summed E-state index contributed by atoms with van der Waals surface area (Å²) in [5, 5.41) is 6.18. The Balaban J connectivity index is 1.37. The molecule has 9 heteroatoms. The van der Waals surface area contributed by atoms with Gasteiger partial charge in [0.15, 0.2) is 5.82 Å². The number of benzene rings is 3. The zero-order valence-corrected chi connectivity index (χ0v) is 25.3. The van der Waals surface area contributed by atoms with Crippen molar-refractivity contribution in [3.05, 3.63) is 100.0 Å². The van der Waals surface area contributed by atoms with Gasteiger partial charge < -0.3 is 25.8 Å². The maximum absolute atomic E-state index is 13.1. The normalized spacial score (nSPS) is 14.9. The number of aromatic nitrogens is 2. The van der Waals surface area contributed by atoms with Crippen molar-refractivity contribution in [2.24, 2.45) is 12.8 Å². The van der Waals surface area contributed by atoms with Gasteiger partial charge in [-0.05, 0) is 78.8 Å². The van der Waals surface area contributed by atoms with E-state index in [1.165, 1.54) is 4.57 Å². The fourth-order valence-corrected chi connectivity index (χ4v) is 5.43. The number of carbonyl (C=O) groups excluding carboxylic acids is 2. The Labute approximate surface area is 251 Å². The minimum Gasteiger partial charge on any atom is -0.368 e. The van der Waals surface area contributed by atoms with E-state index >= 15 is 0 Å². The fourth-order valence-electron chi connectivity index (χ4n) is 5.43. The monoisotopic (exact) mass is 578 g/mol. The molecule has 0 saturated carbocycles. The van der Waals surface area contributed by atoms with E-state index in [0.717, 1.165) is 41.8 Å². The second-order valence-corrected chi connectivity index (χ2v) is 12.1. The number of carbonyl (C=O) groups is 2. The molecule has 0 radical (unpaired) electrons. The highest BCUT2D eigenvalue weighted by molar-refractivity contribution is 6.05. The van der Waals surface area contributed by atoms with Crippen LogP contribution in [0.1, 0.15) is 55.1 Å². The van der Waals surface area contributed by atoms with Crippen LogP contribution in [0.25, 0.3) is 11.3 Å². The number of nitrogens with one attached hydrogen (secondary N) is 2. The lowest BCUT2D eigenvalue weighted by Crippen LogP contribution is -2.40. The average molecular weight is 579 g/mol. The second-order valence-electron chi connectivity index (χ2n) is 12.1. The van der Waals surface area contributed by atoms with Gasteiger partial charge in [-0.2, -0.15) is 0 Å². The Morgan fingerprint density at radius 3 is 2.35 bits per heavy atom. The molecule has 1 atom stereocenters. The van der Waals surface area contributed by atoms with Gasteiger partial charge in [0, 0.05) is 48.0 Å². The van der Waals surface area contributed by atoms with E-state index in [4.69, 9.17) is 5.73 Å². The lowest BCUT2D eigenvalue weighted by Gasteiger charge is -2.24. The van der Waals surface area contributed by atoms with Crippen molar-refractivity contribution in [1.29, 1.82) is 0 Å². The Morgan fingerprint density at radius 2 is 1.70 bits per heavy atom. The largest absolute Gasteiger partial charge is 0.368 e. The van der Waals surface area contributed by atoms with Crippen molar-refractivity contribution < 1.29 is 9.59 Å². The number of aryl methyl sites for hydroxylation is 1. The Bertz CT molecular complexity index is 1720. The van der Waals surface area contributed by atoms with E-state index in [1.54, 1.807) is 13.2 Å². The van der Waals surface area contributed by atoms with Crippen molar-refractivity contribution >= 4 is 34.7 Å². The van der Waals surface area contributed by atoms with Gasteiger partial charge in [0.25, 0.3) is 11.5 Å². The first-order chi connectivity index (χ1) is 20.4. The zero-order chi connectivity index (χ0) is 30.9. The molecular weight excluding hydrogens is 540 g/mol. The molecule has 9 nitrogen and oxygen atoms in total. The Hall–Kier alpha value is -4.92. The molecule has 4 N–H and O–H groups in total. The van der Waals surface area contributed by atoms with Crippen LogP contribution in [-0.4, -0.2) is 34.0 Å². The predicted molar refractivity (Wildman–Crippen MR) is 172 cm³/mol. The van der Waals surface area contributed by atoms with Crippen LogP contribution in [-0.2, 0) is 17.3 Å². The first-order valence-electron chi connectivity index (χ1n) is 14.4. The maximum Gasteiger partial charge on any atom is 0.293 e. The van der Waals surface area contributed by atoms with E-state index in [0.29, 0.717) is 22.6 Å². The Kier molecular flexibility index (Phi) is 8.08. The minimum atomic E-state index is -0.321. The number of primary amides is 1. The van der Waals surface area contributed by atoms with Crippen LogP contribution in [0, 0.1) is 6.92 Å². The molecule has 1 fully saturated rings. The quantitative estimate of drug-likeness (QED) is 0.266. The lowest BCUT2D eigenvalue weighted by molar-refractivity contribution is -0.119. The number of hydrogen-bond donors (Lipinski definition) is 3. The van der Waals surface area contributed by atoms with E-state index in [1.807, 2.05) is 78.6 Å². The number of anilines is 4. The minimum absolute atomic E-state index is 0.00321. The maximum atomic E-state index is 13.1. The van der Waals surface area contributed by atoms with E-state index < -0.39 is 0 Å². The topological polar surface area (TPSA) is 122 Å². The third-order valence-electron chi connectivity index (χ3n) is 7.99. The highest BCUT2D eigenvalue weighted by Crippen LogP contribution is 2.30. The van der Waals surface area contributed by atoms with E-state index in [2.05, 4.69) is 36.4 Å². The molecule has 0 aliphatic carbocycles. The standard InChI is InChI=1S/C34H38N6O3/c1-21-26(8-6-9-27(21)38-32(42)22-11-13-23(14-12-22)34(2,3)4)28-20-39(5)33(43)31(37-28)36-24-15-17-25(18-16-24)40-19-7-10-29(40)30(35)41/h6,8-9,11-18,20,29H,7,10,19H2,1-5H3,(H2,35,41)(H,36,37)(H,38,42). The highest BCUT2D eigenvalue weighted by Gasteiger charge is 2.29. The number of hydrogen-bond acceptors (Lipinski definition) is 6. The summed E-state index contributed by atoms with van der Waals surface area (Å²) in [7, 11) is 1.68. The molecule has 222 valence electrons. The summed E-state index contributed by atoms with van der Waals surface area (Å²) in [5.74, 6) is -0.342. The third-order valence-corrected chi connectivity index (χ3v) is 7.99. The summed E-state index contributed by atoms with van der Waals surface area (Å²) in [6.45, 7) is 9.10. The molecule has 43 heavy (non-hydrogen) atoms. The average Bonchev–Trinajstić information content (AvgIpc) is 3.47. The molecule has 0 bridgehead atoms. The van der Waals surface area contributed by atoms with E-state index in [-0.39, 0.29) is 34.6 Å². The molecule has 1 aliphatic rings. The second kappa shape index (κ2) is 11.8. The SMILES string of the molecule is Cc1c(NC(=O)c2ccc(C(C)(C)C)cc2)cccc1-c1cn(C)c(=O)c(Nc2ccc(N3CCCC3C(N)=O)cc2)n1. The Morgan fingerprint density at radius 1 is 1.00 bits per heavy atom. The summed E-state index contributed by atoms with van der Waals surface area (Å²) in [4.78, 5) is 44.6. The molecule has 4 aromatic rings.